The zero-order chi connectivity index (χ0) is 13.3. The standard InChI is InChI=1S/C11H8F2N4O/c1-7-15-16(6-5-14)11(18)17(7)10-8(12)3-2-4-9(10)13/h2-4H,6H2,1H3. The molecule has 2 rings (SSSR count). The number of halogens is 2. The van der Waals surface area contributed by atoms with Gasteiger partial charge in [0.1, 0.15) is 29.7 Å². The number of aromatic nitrogens is 3. The van der Waals surface area contributed by atoms with Crippen LogP contribution in [0.2, 0.25) is 0 Å². The molecule has 0 radical (unpaired) electrons. The van der Waals surface area contributed by atoms with Gasteiger partial charge in [0.05, 0.1) is 6.07 Å². The number of para-hydroxylation sites is 1. The van der Waals surface area contributed by atoms with Gasteiger partial charge in [0.25, 0.3) is 0 Å². The smallest absolute Gasteiger partial charge is 0.246 e. The molecule has 1 aromatic carbocycles. The van der Waals surface area contributed by atoms with Gasteiger partial charge in [0, 0.05) is 0 Å². The maximum Gasteiger partial charge on any atom is 0.351 e. The summed E-state index contributed by atoms with van der Waals surface area (Å²) in [5.74, 6) is -1.62. The van der Waals surface area contributed by atoms with Gasteiger partial charge in [0.15, 0.2) is 0 Å². The zero-order valence-corrected chi connectivity index (χ0v) is 9.39. The topological polar surface area (TPSA) is 63.6 Å². The minimum absolute atomic E-state index is 0.110. The lowest BCUT2D eigenvalue weighted by atomic mass is 10.3. The molecule has 92 valence electrons. The SMILES string of the molecule is Cc1nn(CC#N)c(=O)n1-c1c(F)cccc1F. The molecule has 7 heteroatoms. The second-order valence-electron chi connectivity index (χ2n) is 3.55. The molecule has 0 atom stereocenters. The maximum atomic E-state index is 13.6. The van der Waals surface area contributed by atoms with Crippen LogP contribution < -0.4 is 5.69 Å². The summed E-state index contributed by atoms with van der Waals surface area (Å²) in [4.78, 5) is 11.9. The molecule has 0 N–H and O–H groups in total. The number of hydrogen-bond donors (Lipinski definition) is 0. The predicted octanol–water partition coefficient (Wildman–Crippen LogP) is 1.14. The third kappa shape index (κ3) is 1.78. The molecule has 0 fully saturated rings. The molecule has 0 spiro atoms. The molecular formula is C11H8F2N4O. The van der Waals surface area contributed by atoms with Crippen molar-refractivity contribution in [2.45, 2.75) is 13.5 Å². The van der Waals surface area contributed by atoms with Gasteiger partial charge in [-0.15, -0.1) is 0 Å². The van der Waals surface area contributed by atoms with Crippen LogP contribution in [-0.2, 0) is 6.54 Å². The van der Waals surface area contributed by atoms with Gasteiger partial charge >= 0.3 is 5.69 Å². The molecule has 0 saturated heterocycles. The van der Waals surface area contributed by atoms with Crippen molar-refractivity contribution in [3.05, 3.63) is 46.1 Å². The third-order valence-electron chi connectivity index (χ3n) is 2.38. The Morgan fingerprint density at radius 1 is 1.39 bits per heavy atom. The van der Waals surface area contributed by atoms with E-state index in [4.69, 9.17) is 5.26 Å². The van der Waals surface area contributed by atoms with Crippen LogP contribution in [0.3, 0.4) is 0 Å². The monoisotopic (exact) mass is 250 g/mol. The van der Waals surface area contributed by atoms with Crippen LogP contribution in [-0.4, -0.2) is 14.3 Å². The highest BCUT2D eigenvalue weighted by molar-refractivity contribution is 5.35. The molecule has 0 unspecified atom stereocenters. The lowest BCUT2D eigenvalue weighted by Gasteiger charge is -2.05. The summed E-state index contributed by atoms with van der Waals surface area (Å²) in [5, 5.41) is 12.3. The first-order valence-corrected chi connectivity index (χ1v) is 5.04. The Morgan fingerprint density at radius 2 is 2.00 bits per heavy atom. The molecule has 0 amide bonds. The Kier molecular flexibility index (Phi) is 2.93. The fourth-order valence-corrected chi connectivity index (χ4v) is 1.65. The van der Waals surface area contributed by atoms with E-state index in [1.165, 1.54) is 13.0 Å². The van der Waals surface area contributed by atoms with Gasteiger partial charge < -0.3 is 0 Å². The van der Waals surface area contributed by atoms with E-state index >= 15 is 0 Å². The second kappa shape index (κ2) is 4.41. The lowest BCUT2D eigenvalue weighted by Crippen LogP contribution is -2.25. The van der Waals surface area contributed by atoms with Crippen molar-refractivity contribution in [3.8, 4) is 11.8 Å². The number of benzene rings is 1. The lowest BCUT2D eigenvalue weighted by molar-refractivity contribution is 0.563. The van der Waals surface area contributed by atoms with Crippen LogP contribution in [0.4, 0.5) is 8.78 Å². The van der Waals surface area contributed by atoms with Crippen molar-refractivity contribution in [3.63, 3.8) is 0 Å². The van der Waals surface area contributed by atoms with E-state index in [9.17, 15) is 13.6 Å². The van der Waals surface area contributed by atoms with Crippen LogP contribution >= 0.6 is 0 Å². The van der Waals surface area contributed by atoms with Crippen LogP contribution in [0.25, 0.3) is 5.69 Å². The van der Waals surface area contributed by atoms with Gasteiger partial charge in [-0.3, -0.25) is 0 Å². The first kappa shape index (κ1) is 12.0. The van der Waals surface area contributed by atoms with Gasteiger partial charge in [0.2, 0.25) is 0 Å². The van der Waals surface area contributed by atoms with Crippen molar-refractivity contribution in [2.24, 2.45) is 0 Å². The number of nitrogens with zero attached hydrogens (tertiary/aromatic N) is 4. The van der Waals surface area contributed by atoms with E-state index in [2.05, 4.69) is 5.10 Å². The van der Waals surface area contributed by atoms with Gasteiger partial charge in [-0.25, -0.2) is 18.1 Å². The Bertz CT molecular complexity index is 676. The average molecular weight is 250 g/mol. The van der Waals surface area contributed by atoms with E-state index in [1.807, 2.05) is 0 Å². The zero-order valence-electron chi connectivity index (χ0n) is 9.39. The maximum absolute atomic E-state index is 13.6. The van der Waals surface area contributed by atoms with Crippen LogP contribution in [0.1, 0.15) is 5.82 Å². The molecular weight excluding hydrogens is 242 g/mol. The molecule has 0 saturated carbocycles. The number of aryl methyl sites for hydroxylation is 1. The largest absolute Gasteiger partial charge is 0.351 e. The molecule has 0 bridgehead atoms. The minimum atomic E-state index is -0.864. The van der Waals surface area contributed by atoms with Crippen molar-refractivity contribution in [2.75, 3.05) is 0 Å². The quantitative estimate of drug-likeness (QED) is 0.803. The molecule has 0 aliphatic carbocycles. The average Bonchev–Trinajstić information content (AvgIpc) is 2.57. The van der Waals surface area contributed by atoms with E-state index in [0.717, 1.165) is 21.4 Å². The fraction of sp³-hybridized carbons (Fsp3) is 0.182. The molecule has 0 aliphatic rings. The van der Waals surface area contributed by atoms with E-state index < -0.39 is 23.0 Å². The first-order chi connectivity index (χ1) is 8.56. The number of nitriles is 1. The predicted molar refractivity (Wildman–Crippen MR) is 58.1 cm³/mol. The Hall–Kier alpha value is -2.49. The van der Waals surface area contributed by atoms with Crippen molar-refractivity contribution >= 4 is 0 Å². The number of hydrogen-bond acceptors (Lipinski definition) is 3. The second-order valence-corrected chi connectivity index (χ2v) is 3.55. The van der Waals surface area contributed by atoms with Crippen molar-refractivity contribution in [1.82, 2.24) is 14.3 Å². The summed E-state index contributed by atoms with van der Waals surface area (Å²) < 4.78 is 28.8. The summed E-state index contributed by atoms with van der Waals surface area (Å²) in [6, 6.07) is 5.04. The highest BCUT2D eigenvalue weighted by Crippen LogP contribution is 2.16. The molecule has 1 heterocycles. The highest BCUT2D eigenvalue weighted by atomic mass is 19.1. The fourth-order valence-electron chi connectivity index (χ4n) is 1.65. The number of rotatable bonds is 2. The van der Waals surface area contributed by atoms with Crippen LogP contribution in [0, 0.1) is 29.9 Å². The van der Waals surface area contributed by atoms with E-state index in [1.54, 1.807) is 6.07 Å². The van der Waals surface area contributed by atoms with E-state index in [0.29, 0.717) is 0 Å². The summed E-state index contributed by atoms with van der Waals surface area (Å²) in [6.45, 7) is 1.16. The highest BCUT2D eigenvalue weighted by Gasteiger charge is 2.18. The van der Waals surface area contributed by atoms with Crippen molar-refractivity contribution < 1.29 is 8.78 Å². The third-order valence-corrected chi connectivity index (χ3v) is 2.38. The van der Waals surface area contributed by atoms with Crippen molar-refractivity contribution in [1.29, 1.82) is 5.26 Å². The van der Waals surface area contributed by atoms with Gasteiger partial charge in [-0.05, 0) is 19.1 Å². The van der Waals surface area contributed by atoms with E-state index in [-0.39, 0.29) is 12.4 Å². The summed E-state index contributed by atoms with van der Waals surface area (Å²) in [6.07, 6.45) is 0. The van der Waals surface area contributed by atoms with Gasteiger partial charge in [-0.1, -0.05) is 6.07 Å². The Labute approximate surface area is 101 Å². The Morgan fingerprint density at radius 3 is 2.56 bits per heavy atom. The minimum Gasteiger partial charge on any atom is -0.246 e. The molecule has 18 heavy (non-hydrogen) atoms. The summed E-state index contributed by atoms with van der Waals surface area (Å²) in [7, 11) is 0. The molecule has 2 aromatic rings. The molecule has 1 aromatic heterocycles. The van der Waals surface area contributed by atoms with Crippen LogP contribution in [0.15, 0.2) is 23.0 Å². The molecule has 5 nitrogen and oxygen atoms in total. The first-order valence-electron chi connectivity index (χ1n) is 5.04. The van der Waals surface area contributed by atoms with Gasteiger partial charge in [-0.2, -0.15) is 15.0 Å². The normalized spacial score (nSPS) is 10.3. The summed E-state index contributed by atoms with van der Waals surface area (Å²) >= 11 is 0. The summed E-state index contributed by atoms with van der Waals surface area (Å²) in [5.41, 5.74) is -1.23. The molecule has 0 aliphatic heterocycles. The Balaban J connectivity index is 2.73. The van der Waals surface area contributed by atoms with Crippen LogP contribution in [0.5, 0.6) is 0 Å².